The predicted octanol–water partition coefficient (Wildman–Crippen LogP) is 2.69. The second-order valence-electron chi connectivity index (χ2n) is 3.15. The fraction of sp³-hybridized carbons (Fsp3) is 0.182. The fourth-order valence-corrected chi connectivity index (χ4v) is 1.32. The van der Waals surface area contributed by atoms with E-state index in [-0.39, 0.29) is 0 Å². The van der Waals surface area contributed by atoms with Crippen LogP contribution in [0.3, 0.4) is 0 Å². The van der Waals surface area contributed by atoms with E-state index in [1.165, 1.54) is 5.56 Å². The third-order valence-electron chi connectivity index (χ3n) is 2.02. The summed E-state index contributed by atoms with van der Waals surface area (Å²) in [5.74, 6) is 0.790. The molecule has 0 bridgehead atoms. The van der Waals surface area contributed by atoms with Gasteiger partial charge < -0.3 is 9.73 Å². The smallest absolute Gasteiger partial charge is 0.294 e. The lowest BCUT2D eigenvalue weighted by molar-refractivity contribution is 0.589. The molecular formula is C11H12N2O. The van der Waals surface area contributed by atoms with E-state index in [9.17, 15) is 0 Å². The van der Waals surface area contributed by atoms with Crippen molar-refractivity contribution in [3.63, 3.8) is 0 Å². The molecule has 2 aromatic rings. The van der Waals surface area contributed by atoms with Gasteiger partial charge in [-0.1, -0.05) is 23.8 Å². The van der Waals surface area contributed by atoms with Crippen LogP contribution in [0.2, 0.25) is 0 Å². The van der Waals surface area contributed by atoms with Gasteiger partial charge in [0.25, 0.3) is 6.01 Å². The molecule has 0 fully saturated rings. The molecule has 0 saturated carbocycles. The summed E-state index contributed by atoms with van der Waals surface area (Å²) in [5, 5.41) is 2.85. The number of oxazole rings is 1. The van der Waals surface area contributed by atoms with Crippen molar-refractivity contribution in [2.45, 2.75) is 6.92 Å². The third kappa shape index (κ3) is 1.62. The summed E-state index contributed by atoms with van der Waals surface area (Å²) < 4.78 is 5.45. The van der Waals surface area contributed by atoms with Crippen LogP contribution in [0.1, 0.15) is 5.56 Å². The highest BCUT2D eigenvalue weighted by Gasteiger charge is 2.04. The van der Waals surface area contributed by atoms with Crippen molar-refractivity contribution in [3.05, 3.63) is 36.0 Å². The summed E-state index contributed by atoms with van der Waals surface area (Å²) in [4.78, 5) is 4.06. The number of rotatable bonds is 2. The Kier molecular flexibility index (Phi) is 2.23. The third-order valence-corrected chi connectivity index (χ3v) is 2.02. The largest absolute Gasteiger partial charge is 0.424 e. The minimum atomic E-state index is 0.543. The van der Waals surface area contributed by atoms with Crippen LogP contribution in [-0.4, -0.2) is 12.0 Å². The SMILES string of the molecule is CNc1ncc(-c2cccc(C)c2)o1. The normalized spacial score (nSPS) is 10.1. The van der Waals surface area contributed by atoms with E-state index in [0.717, 1.165) is 11.3 Å². The zero-order chi connectivity index (χ0) is 9.97. The molecule has 0 spiro atoms. The molecule has 0 atom stereocenters. The van der Waals surface area contributed by atoms with Gasteiger partial charge in [-0.25, -0.2) is 4.98 Å². The first-order chi connectivity index (χ1) is 6.79. The number of anilines is 1. The summed E-state index contributed by atoms with van der Waals surface area (Å²) in [6, 6.07) is 8.68. The van der Waals surface area contributed by atoms with Gasteiger partial charge in [0.05, 0.1) is 6.20 Å². The fourth-order valence-electron chi connectivity index (χ4n) is 1.32. The molecule has 0 aliphatic rings. The molecule has 3 heteroatoms. The first kappa shape index (κ1) is 8.81. The second kappa shape index (κ2) is 3.54. The van der Waals surface area contributed by atoms with Gasteiger partial charge >= 0.3 is 0 Å². The van der Waals surface area contributed by atoms with Crippen molar-refractivity contribution in [2.24, 2.45) is 0 Å². The molecule has 0 aliphatic heterocycles. The Morgan fingerprint density at radius 2 is 2.21 bits per heavy atom. The number of benzene rings is 1. The first-order valence-corrected chi connectivity index (χ1v) is 4.50. The summed E-state index contributed by atoms with van der Waals surface area (Å²) in [6.07, 6.45) is 1.72. The van der Waals surface area contributed by atoms with Gasteiger partial charge in [0.2, 0.25) is 0 Å². The molecule has 3 nitrogen and oxygen atoms in total. The van der Waals surface area contributed by atoms with Gasteiger partial charge in [-0.2, -0.15) is 0 Å². The van der Waals surface area contributed by atoms with Crippen LogP contribution in [0.25, 0.3) is 11.3 Å². The maximum atomic E-state index is 5.45. The van der Waals surface area contributed by atoms with Gasteiger partial charge in [-0.05, 0) is 13.0 Å². The second-order valence-corrected chi connectivity index (χ2v) is 3.15. The number of hydrogen-bond acceptors (Lipinski definition) is 3. The quantitative estimate of drug-likeness (QED) is 0.787. The van der Waals surface area contributed by atoms with E-state index in [0.29, 0.717) is 6.01 Å². The van der Waals surface area contributed by atoms with Crippen molar-refractivity contribution in [3.8, 4) is 11.3 Å². The Morgan fingerprint density at radius 1 is 1.36 bits per heavy atom. The molecule has 0 aliphatic carbocycles. The summed E-state index contributed by atoms with van der Waals surface area (Å²) in [6.45, 7) is 2.05. The molecule has 1 aromatic heterocycles. The summed E-state index contributed by atoms with van der Waals surface area (Å²) in [7, 11) is 1.78. The first-order valence-electron chi connectivity index (χ1n) is 4.50. The molecule has 0 saturated heterocycles. The van der Waals surface area contributed by atoms with Gasteiger partial charge in [-0.3, -0.25) is 0 Å². The minimum Gasteiger partial charge on any atom is -0.424 e. The molecular weight excluding hydrogens is 176 g/mol. The van der Waals surface area contributed by atoms with Crippen LogP contribution in [-0.2, 0) is 0 Å². The van der Waals surface area contributed by atoms with E-state index in [4.69, 9.17) is 4.42 Å². The zero-order valence-corrected chi connectivity index (χ0v) is 8.24. The highest BCUT2D eigenvalue weighted by Crippen LogP contribution is 2.22. The Hall–Kier alpha value is -1.77. The monoisotopic (exact) mass is 188 g/mol. The predicted molar refractivity (Wildman–Crippen MR) is 56.2 cm³/mol. The van der Waals surface area contributed by atoms with Crippen LogP contribution in [0.15, 0.2) is 34.9 Å². The molecule has 1 heterocycles. The lowest BCUT2D eigenvalue weighted by Crippen LogP contribution is -1.85. The van der Waals surface area contributed by atoms with E-state index in [1.54, 1.807) is 13.2 Å². The maximum absolute atomic E-state index is 5.45. The Labute approximate surface area is 82.8 Å². The standard InChI is InChI=1S/C11H12N2O/c1-8-4-3-5-9(6-8)10-7-13-11(12-2)14-10/h3-7H,1-2H3,(H,12,13). The van der Waals surface area contributed by atoms with Crippen LogP contribution >= 0.6 is 0 Å². The Balaban J connectivity index is 2.39. The van der Waals surface area contributed by atoms with Crippen molar-refractivity contribution in [1.82, 2.24) is 4.98 Å². The van der Waals surface area contributed by atoms with Crippen molar-refractivity contribution < 1.29 is 4.42 Å². The van der Waals surface area contributed by atoms with Gasteiger partial charge in [0.15, 0.2) is 5.76 Å². The summed E-state index contributed by atoms with van der Waals surface area (Å²) in [5.41, 5.74) is 2.27. The molecule has 0 amide bonds. The van der Waals surface area contributed by atoms with Crippen LogP contribution in [0, 0.1) is 6.92 Å². The molecule has 0 radical (unpaired) electrons. The molecule has 0 unspecified atom stereocenters. The van der Waals surface area contributed by atoms with Gasteiger partial charge in [0, 0.05) is 12.6 Å². The zero-order valence-electron chi connectivity index (χ0n) is 8.24. The van der Waals surface area contributed by atoms with Crippen molar-refractivity contribution >= 4 is 6.01 Å². The van der Waals surface area contributed by atoms with E-state index >= 15 is 0 Å². The number of aromatic nitrogens is 1. The Bertz CT molecular complexity index is 434. The number of nitrogens with one attached hydrogen (secondary N) is 1. The number of hydrogen-bond donors (Lipinski definition) is 1. The lowest BCUT2D eigenvalue weighted by Gasteiger charge is -1.97. The number of nitrogens with zero attached hydrogens (tertiary/aromatic N) is 1. The average Bonchev–Trinajstić information content (AvgIpc) is 2.66. The van der Waals surface area contributed by atoms with Crippen molar-refractivity contribution in [1.29, 1.82) is 0 Å². The highest BCUT2D eigenvalue weighted by molar-refractivity contribution is 5.58. The van der Waals surface area contributed by atoms with Crippen LogP contribution < -0.4 is 5.32 Å². The van der Waals surface area contributed by atoms with Crippen LogP contribution in [0.4, 0.5) is 6.01 Å². The molecule has 72 valence electrons. The van der Waals surface area contributed by atoms with Crippen molar-refractivity contribution in [2.75, 3.05) is 12.4 Å². The van der Waals surface area contributed by atoms with Crippen LogP contribution in [0.5, 0.6) is 0 Å². The topological polar surface area (TPSA) is 38.1 Å². The molecule has 2 rings (SSSR count). The molecule has 1 aromatic carbocycles. The summed E-state index contributed by atoms with van der Waals surface area (Å²) >= 11 is 0. The molecule has 14 heavy (non-hydrogen) atoms. The minimum absolute atomic E-state index is 0.543. The highest BCUT2D eigenvalue weighted by atomic mass is 16.4. The maximum Gasteiger partial charge on any atom is 0.294 e. The van der Waals surface area contributed by atoms with Gasteiger partial charge in [-0.15, -0.1) is 0 Å². The molecule has 1 N–H and O–H groups in total. The van der Waals surface area contributed by atoms with E-state index in [1.807, 2.05) is 12.1 Å². The van der Waals surface area contributed by atoms with Gasteiger partial charge in [0.1, 0.15) is 0 Å². The van der Waals surface area contributed by atoms with E-state index < -0.39 is 0 Å². The average molecular weight is 188 g/mol. The number of aryl methyl sites for hydroxylation is 1. The Morgan fingerprint density at radius 3 is 2.86 bits per heavy atom. The van der Waals surface area contributed by atoms with E-state index in [2.05, 4.69) is 29.4 Å². The lowest BCUT2D eigenvalue weighted by atomic mass is 10.1.